The number of aromatic hydroxyl groups is 1. The van der Waals surface area contributed by atoms with Gasteiger partial charge in [0, 0.05) is 18.9 Å². The number of anilines is 1. The summed E-state index contributed by atoms with van der Waals surface area (Å²) in [5.41, 5.74) is 6.89. The number of hydrogen-bond donors (Lipinski definition) is 7. The van der Waals surface area contributed by atoms with Crippen LogP contribution in [0.3, 0.4) is 0 Å². The highest BCUT2D eigenvalue weighted by atomic mass is 16.4. The van der Waals surface area contributed by atoms with E-state index in [4.69, 9.17) is 30.6 Å². The number of para-hydroxylation sites is 1. The number of benzene rings is 2. The molecule has 8 N–H and O–H groups in total. The number of nitrogens with one attached hydrogen (secondary N) is 2. The Hall–Kier alpha value is -4.91. The van der Waals surface area contributed by atoms with E-state index >= 15 is 0 Å². The predicted molar refractivity (Wildman–Crippen MR) is 155 cm³/mol. The Bertz CT molecular complexity index is 1390. The summed E-state index contributed by atoms with van der Waals surface area (Å²) < 4.78 is 5.07. The van der Waals surface area contributed by atoms with E-state index in [1.165, 1.54) is 12.1 Å². The first-order chi connectivity index (χ1) is 19.7. The Labute approximate surface area is 242 Å². The van der Waals surface area contributed by atoms with Crippen LogP contribution in [0.25, 0.3) is 11.0 Å². The maximum atomic E-state index is 11.2. The van der Waals surface area contributed by atoms with Gasteiger partial charge in [0.2, 0.25) is 5.91 Å². The third-order valence-electron chi connectivity index (χ3n) is 5.53. The zero-order chi connectivity index (χ0) is 31.8. The molecule has 42 heavy (non-hydrogen) atoms. The highest BCUT2D eigenvalue weighted by Crippen LogP contribution is 2.14. The van der Waals surface area contributed by atoms with Crippen LogP contribution in [0.4, 0.5) is 5.69 Å². The van der Waals surface area contributed by atoms with Crippen LogP contribution < -0.4 is 22.0 Å². The Balaban J connectivity index is 0.000000317. The van der Waals surface area contributed by atoms with E-state index in [1.807, 2.05) is 32.0 Å². The SMILES string of the molecule is CC(C)C[C@H](NC(=O)CCC(=O)O)C(=O)O.CNc1cc2ccccc2oc1=O.N[C@@H](Cc1ccc(O)cc1)C(=O)O. The van der Waals surface area contributed by atoms with Gasteiger partial charge >= 0.3 is 23.5 Å². The standard InChI is InChI=1S/C10H17NO5.C10H9NO2.C9H11NO3/c1-6(2)5-7(10(15)16)11-8(12)3-4-9(13)14;1-11-8-6-7-4-2-3-5-9(7)13-10(8)12;10-8(9(12)13)5-6-1-3-7(11)4-2-6/h6-7H,3-5H2,1-2H3,(H,11,12)(H,13,14)(H,15,16);2-6,11H,1H3;1-4,8,11H,5,10H2,(H,12,13)/t7-;;8-/m0.0/s1. The number of carbonyl (C=O) groups is 4. The molecule has 0 aliphatic carbocycles. The number of phenolic OH excluding ortho intramolecular Hbond substituents is 1. The minimum Gasteiger partial charge on any atom is -0.508 e. The van der Waals surface area contributed by atoms with Crippen molar-refractivity contribution in [2.45, 2.75) is 51.6 Å². The maximum absolute atomic E-state index is 11.2. The van der Waals surface area contributed by atoms with Gasteiger partial charge in [0.1, 0.15) is 29.1 Å². The first-order valence-corrected chi connectivity index (χ1v) is 12.9. The molecule has 0 unspecified atom stereocenters. The summed E-state index contributed by atoms with van der Waals surface area (Å²) in [6.45, 7) is 3.69. The highest BCUT2D eigenvalue weighted by Gasteiger charge is 2.21. The first kappa shape index (κ1) is 35.1. The molecule has 0 spiro atoms. The second-order valence-electron chi connectivity index (χ2n) is 9.53. The van der Waals surface area contributed by atoms with E-state index in [-0.39, 0.29) is 36.6 Å². The van der Waals surface area contributed by atoms with Crippen LogP contribution in [-0.2, 0) is 25.6 Å². The minimum absolute atomic E-state index is 0.140. The van der Waals surface area contributed by atoms with Gasteiger partial charge in [-0.1, -0.05) is 44.2 Å². The first-order valence-electron chi connectivity index (χ1n) is 12.9. The third kappa shape index (κ3) is 13.4. The number of nitrogens with two attached hydrogens (primary N) is 1. The topological polar surface area (TPSA) is 229 Å². The van der Waals surface area contributed by atoms with Crippen LogP contribution in [0.1, 0.15) is 38.7 Å². The van der Waals surface area contributed by atoms with Gasteiger partial charge in [-0.15, -0.1) is 0 Å². The van der Waals surface area contributed by atoms with Crippen molar-refractivity contribution in [2.75, 3.05) is 12.4 Å². The number of fused-ring (bicyclic) bond motifs is 1. The van der Waals surface area contributed by atoms with E-state index in [0.29, 0.717) is 17.7 Å². The number of aliphatic carboxylic acids is 3. The van der Waals surface area contributed by atoms with Crippen LogP contribution in [-0.4, -0.2) is 63.4 Å². The molecule has 0 radical (unpaired) electrons. The van der Waals surface area contributed by atoms with Crippen molar-refractivity contribution in [3.8, 4) is 5.75 Å². The second kappa shape index (κ2) is 17.7. The molecule has 13 heteroatoms. The van der Waals surface area contributed by atoms with Gasteiger partial charge < -0.3 is 41.2 Å². The van der Waals surface area contributed by atoms with Gasteiger partial charge in [-0.3, -0.25) is 14.4 Å². The molecule has 1 aromatic heterocycles. The van der Waals surface area contributed by atoms with Gasteiger partial charge in [-0.05, 0) is 48.6 Å². The average molecular weight is 588 g/mol. The predicted octanol–water partition coefficient (Wildman–Crippen LogP) is 2.65. The molecule has 1 heterocycles. The molecule has 13 nitrogen and oxygen atoms in total. The summed E-state index contributed by atoms with van der Waals surface area (Å²) in [6, 6.07) is 13.7. The molecule has 0 bridgehead atoms. The van der Waals surface area contributed by atoms with E-state index in [1.54, 1.807) is 31.3 Å². The fraction of sp³-hybridized carbons (Fsp3) is 0.345. The molecule has 3 aromatic rings. The summed E-state index contributed by atoms with van der Waals surface area (Å²) in [4.78, 5) is 53.8. The van der Waals surface area contributed by atoms with Crippen molar-refractivity contribution < 1.29 is 44.0 Å². The fourth-order valence-electron chi connectivity index (χ4n) is 3.39. The van der Waals surface area contributed by atoms with Gasteiger partial charge in [-0.2, -0.15) is 0 Å². The molecule has 3 rings (SSSR count). The van der Waals surface area contributed by atoms with Crippen LogP contribution in [0, 0.1) is 5.92 Å². The quantitative estimate of drug-likeness (QED) is 0.161. The Kier molecular flexibility index (Phi) is 14.8. The van der Waals surface area contributed by atoms with Crippen molar-refractivity contribution in [3.63, 3.8) is 0 Å². The lowest BCUT2D eigenvalue weighted by Gasteiger charge is -2.16. The van der Waals surface area contributed by atoms with Gasteiger partial charge in [-0.25, -0.2) is 9.59 Å². The van der Waals surface area contributed by atoms with Crippen molar-refractivity contribution in [1.82, 2.24) is 5.32 Å². The monoisotopic (exact) mass is 587 g/mol. The molecule has 2 aromatic carbocycles. The Morgan fingerprint density at radius 2 is 1.55 bits per heavy atom. The van der Waals surface area contributed by atoms with Crippen LogP contribution in [0.5, 0.6) is 5.75 Å². The Morgan fingerprint density at radius 1 is 0.929 bits per heavy atom. The van der Waals surface area contributed by atoms with E-state index in [9.17, 15) is 24.0 Å². The second-order valence-corrected chi connectivity index (χ2v) is 9.53. The number of carboxylic acid groups (broad SMARTS) is 3. The lowest BCUT2D eigenvalue weighted by Crippen LogP contribution is -2.41. The minimum atomic E-state index is -1.10. The number of carbonyl (C=O) groups excluding carboxylic acids is 1. The zero-order valence-corrected chi connectivity index (χ0v) is 23.6. The zero-order valence-electron chi connectivity index (χ0n) is 23.6. The number of phenols is 1. The molecule has 1 amide bonds. The summed E-state index contributed by atoms with van der Waals surface area (Å²) >= 11 is 0. The van der Waals surface area contributed by atoms with Gasteiger partial charge in [0.15, 0.2) is 0 Å². The molecule has 0 aliphatic rings. The van der Waals surface area contributed by atoms with E-state index < -0.39 is 35.9 Å². The van der Waals surface area contributed by atoms with E-state index in [2.05, 4.69) is 10.6 Å². The normalized spacial score (nSPS) is 11.6. The number of carboxylic acids is 3. The molecule has 228 valence electrons. The molecule has 0 aliphatic heterocycles. The largest absolute Gasteiger partial charge is 0.508 e. The van der Waals surface area contributed by atoms with Crippen LogP contribution >= 0.6 is 0 Å². The Morgan fingerprint density at radius 3 is 2.07 bits per heavy atom. The summed E-state index contributed by atoms with van der Waals surface area (Å²) in [7, 11) is 1.70. The lowest BCUT2D eigenvalue weighted by molar-refractivity contribution is -0.142. The van der Waals surface area contributed by atoms with Crippen molar-refractivity contribution >= 4 is 40.5 Å². The van der Waals surface area contributed by atoms with Crippen molar-refractivity contribution in [2.24, 2.45) is 11.7 Å². The molecular weight excluding hydrogens is 550 g/mol. The summed E-state index contributed by atoms with van der Waals surface area (Å²) in [5, 5.41) is 40.7. The van der Waals surface area contributed by atoms with Crippen molar-refractivity contribution in [3.05, 3.63) is 70.6 Å². The summed E-state index contributed by atoms with van der Waals surface area (Å²) in [6.07, 6.45) is 0.112. The highest BCUT2D eigenvalue weighted by molar-refractivity contribution is 5.85. The lowest BCUT2D eigenvalue weighted by atomic mass is 10.0. The van der Waals surface area contributed by atoms with Crippen molar-refractivity contribution in [1.29, 1.82) is 0 Å². The molecule has 0 saturated carbocycles. The molecular formula is C29H37N3O10. The summed E-state index contributed by atoms with van der Waals surface area (Å²) in [5.74, 6) is -3.44. The third-order valence-corrected chi connectivity index (χ3v) is 5.53. The fourth-order valence-corrected chi connectivity index (χ4v) is 3.39. The average Bonchev–Trinajstić information content (AvgIpc) is 2.92. The molecule has 2 atom stereocenters. The maximum Gasteiger partial charge on any atom is 0.359 e. The van der Waals surface area contributed by atoms with Gasteiger partial charge in [0.05, 0.1) is 6.42 Å². The van der Waals surface area contributed by atoms with Crippen LogP contribution in [0.2, 0.25) is 0 Å². The molecule has 0 fully saturated rings. The number of rotatable bonds is 11. The van der Waals surface area contributed by atoms with Gasteiger partial charge in [0.25, 0.3) is 0 Å². The van der Waals surface area contributed by atoms with Crippen LogP contribution in [0.15, 0.2) is 63.8 Å². The van der Waals surface area contributed by atoms with E-state index in [0.717, 1.165) is 10.9 Å². The number of hydrogen-bond acceptors (Lipinski definition) is 9. The molecule has 0 saturated heterocycles. The smallest absolute Gasteiger partial charge is 0.359 e. The number of amides is 1.